The number of hydrogen-bond donors (Lipinski definition) is 1. The number of nitrogens with zero attached hydrogens (tertiary/aromatic N) is 2. The van der Waals surface area contributed by atoms with Crippen molar-refractivity contribution in [3.8, 4) is 16.9 Å². The van der Waals surface area contributed by atoms with E-state index < -0.39 is 6.04 Å². The molecule has 1 amide bonds. The van der Waals surface area contributed by atoms with Crippen LogP contribution in [0.5, 0.6) is 5.75 Å². The molecule has 0 fully saturated rings. The number of anilines is 1. The predicted molar refractivity (Wildman–Crippen MR) is 120 cm³/mol. The van der Waals surface area contributed by atoms with Crippen molar-refractivity contribution in [2.24, 2.45) is 0 Å². The van der Waals surface area contributed by atoms with E-state index >= 15 is 0 Å². The second kappa shape index (κ2) is 8.51. The van der Waals surface area contributed by atoms with Crippen LogP contribution in [0.3, 0.4) is 0 Å². The maximum absolute atomic E-state index is 13.4. The van der Waals surface area contributed by atoms with E-state index in [9.17, 15) is 9.59 Å². The highest BCUT2D eigenvalue weighted by molar-refractivity contribution is 7.17. The maximum Gasteiger partial charge on any atom is 0.263 e. The Morgan fingerprint density at radius 3 is 2.63 bits per heavy atom. The van der Waals surface area contributed by atoms with Crippen LogP contribution in [0, 0.1) is 0 Å². The molecular weight excluding hydrogens is 398 g/mol. The molecule has 4 aromatic rings. The summed E-state index contributed by atoms with van der Waals surface area (Å²) in [5.41, 5.74) is 2.13. The van der Waals surface area contributed by atoms with E-state index in [1.807, 2.05) is 54.8 Å². The molecule has 152 valence electrons. The number of carbonyl (C=O) groups is 1. The first-order valence-electron chi connectivity index (χ1n) is 9.61. The first-order chi connectivity index (χ1) is 14.6. The van der Waals surface area contributed by atoms with Gasteiger partial charge in [0.2, 0.25) is 5.91 Å². The molecule has 0 spiro atoms. The Hall–Kier alpha value is -3.45. The summed E-state index contributed by atoms with van der Waals surface area (Å²) in [6.07, 6.45) is 1.91. The number of para-hydroxylation sites is 2. The molecule has 2 aromatic carbocycles. The van der Waals surface area contributed by atoms with Crippen LogP contribution in [0.2, 0.25) is 0 Å². The fourth-order valence-electron chi connectivity index (χ4n) is 3.47. The molecule has 1 unspecified atom stereocenters. The van der Waals surface area contributed by atoms with E-state index in [0.29, 0.717) is 28.1 Å². The van der Waals surface area contributed by atoms with E-state index in [1.165, 1.54) is 22.2 Å². The van der Waals surface area contributed by atoms with Gasteiger partial charge in [-0.05, 0) is 24.1 Å². The molecule has 6 nitrogen and oxygen atoms in total. The molecule has 0 bridgehead atoms. The van der Waals surface area contributed by atoms with E-state index in [1.54, 1.807) is 19.2 Å². The van der Waals surface area contributed by atoms with Crippen molar-refractivity contribution >= 4 is 33.1 Å². The third-order valence-electron chi connectivity index (χ3n) is 4.99. The van der Waals surface area contributed by atoms with Crippen LogP contribution >= 0.6 is 11.3 Å². The van der Waals surface area contributed by atoms with Crippen LogP contribution < -0.4 is 15.6 Å². The van der Waals surface area contributed by atoms with Gasteiger partial charge in [0, 0.05) is 10.9 Å². The number of hydrogen-bond acceptors (Lipinski definition) is 5. The Morgan fingerprint density at radius 2 is 1.90 bits per heavy atom. The van der Waals surface area contributed by atoms with E-state index in [0.717, 1.165) is 11.1 Å². The van der Waals surface area contributed by atoms with Crippen LogP contribution in [-0.2, 0) is 4.79 Å². The molecule has 30 heavy (non-hydrogen) atoms. The van der Waals surface area contributed by atoms with Crippen LogP contribution in [-0.4, -0.2) is 22.6 Å². The van der Waals surface area contributed by atoms with E-state index in [4.69, 9.17) is 4.74 Å². The van der Waals surface area contributed by atoms with Crippen LogP contribution in [0.25, 0.3) is 21.3 Å². The van der Waals surface area contributed by atoms with E-state index in [2.05, 4.69) is 10.3 Å². The van der Waals surface area contributed by atoms with Crippen molar-refractivity contribution in [3.63, 3.8) is 0 Å². The Bertz CT molecular complexity index is 1250. The van der Waals surface area contributed by atoms with Gasteiger partial charge in [-0.25, -0.2) is 4.98 Å². The van der Waals surface area contributed by atoms with Gasteiger partial charge in [-0.15, -0.1) is 11.3 Å². The molecule has 1 N–H and O–H groups in total. The summed E-state index contributed by atoms with van der Waals surface area (Å²) in [6.45, 7) is 1.87. The van der Waals surface area contributed by atoms with Crippen molar-refractivity contribution in [1.82, 2.24) is 9.55 Å². The SMILES string of the molecule is CCC(C(=O)Nc1ccccc1OC)n1cnc2scc(-c3ccccc3)c2c1=O. The van der Waals surface area contributed by atoms with Gasteiger partial charge < -0.3 is 10.1 Å². The van der Waals surface area contributed by atoms with Crippen LogP contribution in [0.4, 0.5) is 5.69 Å². The summed E-state index contributed by atoms with van der Waals surface area (Å²) < 4.78 is 6.73. The zero-order valence-electron chi connectivity index (χ0n) is 16.7. The number of fused-ring (bicyclic) bond motifs is 1. The average molecular weight is 420 g/mol. The molecule has 0 aliphatic heterocycles. The Balaban J connectivity index is 1.75. The zero-order chi connectivity index (χ0) is 21.1. The normalized spacial score (nSPS) is 11.9. The number of carbonyl (C=O) groups excluding carboxylic acids is 1. The minimum Gasteiger partial charge on any atom is -0.495 e. The van der Waals surface area contributed by atoms with Gasteiger partial charge in [-0.2, -0.15) is 0 Å². The lowest BCUT2D eigenvalue weighted by molar-refractivity contribution is -0.119. The second-order valence-corrected chi connectivity index (χ2v) is 7.62. The van der Waals surface area contributed by atoms with Gasteiger partial charge in [-0.3, -0.25) is 14.2 Å². The molecule has 0 radical (unpaired) electrons. The average Bonchev–Trinajstić information content (AvgIpc) is 3.22. The standard InChI is InChI=1S/C23H21N3O3S/c1-3-18(21(27)25-17-11-7-8-12-19(17)29-2)26-14-24-22-20(23(26)28)16(13-30-22)15-9-5-4-6-10-15/h4-14,18H,3H2,1-2H3,(H,25,27). The largest absolute Gasteiger partial charge is 0.495 e. The van der Waals surface area contributed by atoms with Gasteiger partial charge in [0.05, 0.1) is 24.5 Å². The number of methoxy groups -OCH3 is 1. The molecule has 4 rings (SSSR count). The minimum absolute atomic E-state index is 0.220. The summed E-state index contributed by atoms with van der Waals surface area (Å²) in [7, 11) is 1.55. The number of ether oxygens (including phenoxy) is 1. The molecule has 0 saturated carbocycles. The fourth-order valence-corrected chi connectivity index (χ4v) is 4.38. The first-order valence-corrected chi connectivity index (χ1v) is 10.5. The number of thiophene rings is 1. The van der Waals surface area contributed by atoms with Crippen LogP contribution in [0.1, 0.15) is 19.4 Å². The van der Waals surface area contributed by atoms with Crippen molar-refractivity contribution < 1.29 is 9.53 Å². The summed E-state index contributed by atoms with van der Waals surface area (Å²) in [4.78, 5) is 31.6. The molecule has 7 heteroatoms. The van der Waals surface area contributed by atoms with Gasteiger partial charge in [0.15, 0.2) is 0 Å². The van der Waals surface area contributed by atoms with Gasteiger partial charge in [0.1, 0.15) is 16.6 Å². The summed E-state index contributed by atoms with van der Waals surface area (Å²) >= 11 is 1.43. The van der Waals surface area contributed by atoms with Crippen molar-refractivity contribution in [3.05, 3.63) is 76.7 Å². The lowest BCUT2D eigenvalue weighted by Gasteiger charge is -2.18. The molecule has 0 aliphatic rings. The summed E-state index contributed by atoms with van der Waals surface area (Å²) in [5.74, 6) is 0.271. The lowest BCUT2D eigenvalue weighted by atomic mass is 10.1. The number of rotatable bonds is 6. The molecule has 2 heterocycles. The fraction of sp³-hybridized carbons (Fsp3) is 0.174. The number of nitrogens with one attached hydrogen (secondary N) is 1. The molecular formula is C23H21N3O3S. The van der Waals surface area contributed by atoms with Crippen molar-refractivity contribution in [2.45, 2.75) is 19.4 Å². The zero-order valence-corrected chi connectivity index (χ0v) is 17.5. The Labute approximate surface area is 177 Å². The van der Waals surface area contributed by atoms with Gasteiger partial charge in [-0.1, -0.05) is 49.4 Å². The predicted octanol–water partition coefficient (Wildman–Crippen LogP) is 4.72. The molecule has 0 saturated heterocycles. The molecule has 0 aliphatic carbocycles. The maximum atomic E-state index is 13.4. The summed E-state index contributed by atoms with van der Waals surface area (Å²) in [6, 6.07) is 16.2. The highest BCUT2D eigenvalue weighted by Gasteiger charge is 2.23. The molecule has 2 aromatic heterocycles. The topological polar surface area (TPSA) is 73.2 Å². The third-order valence-corrected chi connectivity index (χ3v) is 5.88. The Kier molecular flexibility index (Phi) is 5.63. The second-order valence-electron chi connectivity index (χ2n) is 6.77. The quantitative estimate of drug-likeness (QED) is 0.491. The minimum atomic E-state index is -0.692. The number of benzene rings is 2. The first kappa shape index (κ1) is 19.8. The Morgan fingerprint density at radius 1 is 1.17 bits per heavy atom. The monoisotopic (exact) mass is 419 g/mol. The smallest absolute Gasteiger partial charge is 0.263 e. The van der Waals surface area contributed by atoms with E-state index in [-0.39, 0.29) is 11.5 Å². The van der Waals surface area contributed by atoms with Crippen molar-refractivity contribution in [2.75, 3.05) is 12.4 Å². The van der Waals surface area contributed by atoms with Crippen molar-refractivity contribution in [1.29, 1.82) is 0 Å². The number of aromatic nitrogens is 2. The third kappa shape index (κ3) is 3.59. The highest BCUT2D eigenvalue weighted by Crippen LogP contribution is 2.31. The lowest BCUT2D eigenvalue weighted by Crippen LogP contribution is -2.33. The highest BCUT2D eigenvalue weighted by atomic mass is 32.1. The van der Waals surface area contributed by atoms with Gasteiger partial charge >= 0.3 is 0 Å². The number of amides is 1. The molecule has 1 atom stereocenters. The van der Waals surface area contributed by atoms with Gasteiger partial charge in [0.25, 0.3) is 5.56 Å². The van der Waals surface area contributed by atoms with Crippen LogP contribution in [0.15, 0.2) is 71.1 Å². The summed E-state index contributed by atoms with van der Waals surface area (Å²) in [5, 5.41) is 5.36.